The molecule has 2 aromatic rings. The number of benzene rings is 1. The molecule has 0 fully saturated rings. The Kier molecular flexibility index (Phi) is 4.15. The smallest absolute Gasteiger partial charge is 0.0675 e. The van der Waals surface area contributed by atoms with E-state index in [9.17, 15) is 0 Å². The minimum absolute atomic E-state index is 0.938. The molecule has 0 unspecified atom stereocenters. The van der Waals surface area contributed by atoms with Gasteiger partial charge < -0.3 is 5.32 Å². The predicted molar refractivity (Wildman–Crippen MR) is 75.0 cm³/mol. The van der Waals surface area contributed by atoms with Gasteiger partial charge in [-0.05, 0) is 49.6 Å². The number of hydrogen-bond acceptors (Lipinski definition) is 2. The molecular weight excluding hydrogens is 222 g/mol. The third-order valence-electron chi connectivity index (χ3n) is 2.98. The quantitative estimate of drug-likeness (QED) is 0.818. The van der Waals surface area contributed by atoms with Crippen molar-refractivity contribution in [2.75, 3.05) is 6.54 Å². The zero-order chi connectivity index (χ0) is 13.0. The van der Waals surface area contributed by atoms with Crippen molar-refractivity contribution >= 4 is 0 Å². The highest BCUT2D eigenvalue weighted by Crippen LogP contribution is 2.15. The van der Waals surface area contributed by atoms with Crippen molar-refractivity contribution in [3.05, 3.63) is 47.3 Å². The standard InChI is InChI=1S/C15H21N3/c1-4-7-16-10-14-5-6-15(13(3)8-14)18-11-12(2)9-17-18/h5-6,8-9,11,16H,4,7,10H2,1-3H3. The van der Waals surface area contributed by atoms with Crippen LogP contribution in [0.25, 0.3) is 5.69 Å². The summed E-state index contributed by atoms with van der Waals surface area (Å²) < 4.78 is 1.94. The average Bonchev–Trinajstić information content (AvgIpc) is 2.76. The molecule has 0 radical (unpaired) electrons. The molecule has 0 saturated heterocycles. The van der Waals surface area contributed by atoms with Gasteiger partial charge in [0.1, 0.15) is 0 Å². The van der Waals surface area contributed by atoms with Crippen LogP contribution in [0.15, 0.2) is 30.6 Å². The topological polar surface area (TPSA) is 29.9 Å². The molecule has 18 heavy (non-hydrogen) atoms. The van der Waals surface area contributed by atoms with Crippen LogP contribution in [-0.4, -0.2) is 16.3 Å². The normalized spacial score (nSPS) is 10.8. The van der Waals surface area contributed by atoms with Gasteiger partial charge in [0, 0.05) is 12.7 Å². The Morgan fingerprint density at radius 1 is 1.28 bits per heavy atom. The van der Waals surface area contributed by atoms with Gasteiger partial charge in [-0.3, -0.25) is 0 Å². The number of rotatable bonds is 5. The van der Waals surface area contributed by atoms with Gasteiger partial charge in [0.05, 0.1) is 11.9 Å². The maximum atomic E-state index is 4.35. The summed E-state index contributed by atoms with van der Waals surface area (Å²) in [5.41, 5.74) is 4.92. The van der Waals surface area contributed by atoms with E-state index in [1.54, 1.807) is 0 Å². The van der Waals surface area contributed by atoms with Crippen LogP contribution in [0.1, 0.15) is 30.0 Å². The Labute approximate surface area is 109 Å². The number of nitrogens with one attached hydrogen (secondary N) is 1. The van der Waals surface area contributed by atoms with Gasteiger partial charge in [0.25, 0.3) is 0 Å². The Hall–Kier alpha value is -1.61. The van der Waals surface area contributed by atoms with Crippen LogP contribution in [0, 0.1) is 13.8 Å². The van der Waals surface area contributed by atoms with Crippen LogP contribution >= 0.6 is 0 Å². The molecule has 0 amide bonds. The third kappa shape index (κ3) is 2.99. The summed E-state index contributed by atoms with van der Waals surface area (Å²) in [5.74, 6) is 0. The molecule has 0 atom stereocenters. The first-order valence-electron chi connectivity index (χ1n) is 6.52. The van der Waals surface area contributed by atoms with E-state index in [1.807, 2.05) is 10.9 Å². The summed E-state index contributed by atoms with van der Waals surface area (Å²) in [6.45, 7) is 8.38. The first-order valence-corrected chi connectivity index (χ1v) is 6.52. The van der Waals surface area contributed by atoms with Gasteiger partial charge in [-0.1, -0.05) is 19.1 Å². The average molecular weight is 243 g/mol. The number of aryl methyl sites for hydroxylation is 2. The van der Waals surface area contributed by atoms with Crippen LogP contribution in [0.2, 0.25) is 0 Å². The van der Waals surface area contributed by atoms with Crippen LogP contribution < -0.4 is 5.32 Å². The molecule has 1 N–H and O–H groups in total. The zero-order valence-electron chi connectivity index (χ0n) is 11.4. The van der Waals surface area contributed by atoms with E-state index in [4.69, 9.17) is 0 Å². The molecule has 0 bridgehead atoms. The highest BCUT2D eigenvalue weighted by atomic mass is 15.3. The molecule has 96 valence electrons. The largest absolute Gasteiger partial charge is 0.313 e. The van der Waals surface area contributed by atoms with E-state index in [2.05, 4.69) is 55.6 Å². The number of nitrogens with zero attached hydrogens (tertiary/aromatic N) is 2. The first-order chi connectivity index (χ1) is 8.70. The van der Waals surface area contributed by atoms with Gasteiger partial charge in [-0.25, -0.2) is 4.68 Å². The Bertz CT molecular complexity index is 514. The summed E-state index contributed by atoms with van der Waals surface area (Å²) in [4.78, 5) is 0. The molecule has 0 spiro atoms. The lowest BCUT2D eigenvalue weighted by Crippen LogP contribution is -2.14. The van der Waals surface area contributed by atoms with E-state index in [1.165, 1.54) is 23.1 Å². The highest BCUT2D eigenvalue weighted by Gasteiger charge is 2.03. The molecular formula is C15H21N3. The summed E-state index contributed by atoms with van der Waals surface area (Å²) in [7, 11) is 0. The Balaban J connectivity index is 2.15. The molecule has 2 rings (SSSR count). The van der Waals surface area contributed by atoms with Crippen molar-refractivity contribution in [3.63, 3.8) is 0 Å². The van der Waals surface area contributed by atoms with Crippen LogP contribution in [0.3, 0.4) is 0 Å². The van der Waals surface area contributed by atoms with E-state index in [0.29, 0.717) is 0 Å². The van der Waals surface area contributed by atoms with Crippen molar-refractivity contribution < 1.29 is 0 Å². The minimum Gasteiger partial charge on any atom is -0.313 e. The lowest BCUT2D eigenvalue weighted by Gasteiger charge is -2.09. The minimum atomic E-state index is 0.938. The second-order valence-corrected chi connectivity index (χ2v) is 4.76. The van der Waals surface area contributed by atoms with E-state index < -0.39 is 0 Å². The van der Waals surface area contributed by atoms with Gasteiger partial charge in [-0.2, -0.15) is 5.10 Å². The monoisotopic (exact) mass is 243 g/mol. The van der Waals surface area contributed by atoms with Crippen LogP contribution in [0.5, 0.6) is 0 Å². The van der Waals surface area contributed by atoms with Gasteiger partial charge in [0.2, 0.25) is 0 Å². The summed E-state index contributed by atoms with van der Waals surface area (Å²) >= 11 is 0. The zero-order valence-corrected chi connectivity index (χ0v) is 11.4. The molecule has 0 saturated carbocycles. The summed E-state index contributed by atoms with van der Waals surface area (Å²) in [5, 5.41) is 7.77. The van der Waals surface area contributed by atoms with Crippen molar-refractivity contribution in [2.24, 2.45) is 0 Å². The maximum Gasteiger partial charge on any atom is 0.0675 e. The third-order valence-corrected chi connectivity index (χ3v) is 2.98. The molecule has 1 aromatic carbocycles. The van der Waals surface area contributed by atoms with Crippen molar-refractivity contribution in [1.82, 2.24) is 15.1 Å². The maximum absolute atomic E-state index is 4.35. The SMILES string of the molecule is CCCNCc1ccc(-n2cc(C)cn2)c(C)c1. The lowest BCUT2D eigenvalue weighted by atomic mass is 10.1. The van der Waals surface area contributed by atoms with Crippen molar-refractivity contribution in [2.45, 2.75) is 33.7 Å². The lowest BCUT2D eigenvalue weighted by molar-refractivity contribution is 0.675. The van der Waals surface area contributed by atoms with Gasteiger partial charge in [0.15, 0.2) is 0 Å². The molecule has 3 heteroatoms. The fourth-order valence-corrected chi connectivity index (χ4v) is 2.04. The molecule has 1 aromatic heterocycles. The van der Waals surface area contributed by atoms with Crippen molar-refractivity contribution in [3.8, 4) is 5.69 Å². The van der Waals surface area contributed by atoms with E-state index >= 15 is 0 Å². The molecule has 0 aliphatic heterocycles. The molecule has 0 aliphatic rings. The Morgan fingerprint density at radius 3 is 2.72 bits per heavy atom. The van der Waals surface area contributed by atoms with E-state index in [0.717, 1.165) is 18.8 Å². The molecule has 0 aliphatic carbocycles. The molecule has 3 nitrogen and oxygen atoms in total. The second kappa shape index (κ2) is 5.83. The second-order valence-electron chi connectivity index (χ2n) is 4.76. The number of aromatic nitrogens is 2. The predicted octanol–water partition coefficient (Wildman–Crippen LogP) is 2.99. The fraction of sp³-hybridized carbons (Fsp3) is 0.400. The van der Waals surface area contributed by atoms with E-state index in [-0.39, 0.29) is 0 Å². The van der Waals surface area contributed by atoms with Crippen molar-refractivity contribution in [1.29, 1.82) is 0 Å². The fourth-order valence-electron chi connectivity index (χ4n) is 2.04. The van der Waals surface area contributed by atoms with Gasteiger partial charge >= 0.3 is 0 Å². The summed E-state index contributed by atoms with van der Waals surface area (Å²) in [6.07, 6.45) is 5.11. The number of hydrogen-bond donors (Lipinski definition) is 1. The highest BCUT2D eigenvalue weighted by molar-refractivity contribution is 5.42. The molecule has 1 heterocycles. The van der Waals surface area contributed by atoms with Crippen LogP contribution in [0.4, 0.5) is 0 Å². The van der Waals surface area contributed by atoms with Crippen LogP contribution in [-0.2, 0) is 6.54 Å². The first kappa shape index (κ1) is 12.8. The summed E-state index contributed by atoms with van der Waals surface area (Å²) in [6, 6.07) is 6.54. The van der Waals surface area contributed by atoms with Gasteiger partial charge in [-0.15, -0.1) is 0 Å². The Morgan fingerprint density at radius 2 is 2.11 bits per heavy atom.